The Morgan fingerprint density at radius 3 is 2.73 bits per heavy atom. The topological polar surface area (TPSA) is 65.0 Å². The lowest BCUT2D eigenvalue weighted by atomic mass is 9.98. The lowest BCUT2D eigenvalue weighted by Crippen LogP contribution is -2.09. The smallest absolute Gasteiger partial charge is 0.305 e. The number of aromatic hydroxyl groups is 1. The van der Waals surface area contributed by atoms with E-state index in [-0.39, 0.29) is 11.9 Å². The molecule has 0 radical (unpaired) electrons. The van der Waals surface area contributed by atoms with Crippen molar-refractivity contribution in [3.63, 3.8) is 0 Å². The Kier molecular flexibility index (Phi) is 5.58. The lowest BCUT2D eigenvalue weighted by Gasteiger charge is -2.14. The number of phenolic OH excluding ortho intramolecular Hbond substituents is 1. The van der Waals surface area contributed by atoms with Crippen LogP contribution in [0.4, 0.5) is 0 Å². The van der Waals surface area contributed by atoms with Crippen molar-refractivity contribution in [1.82, 2.24) is 0 Å². The van der Waals surface area contributed by atoms with Crippen LogP contribution in [0.5, 0.6) is 11.5 Å². The summed E-state index contributed by atoms with van der Waals surface area (Å²) in [6, 6.07) is 13.0. The fraction of sp³-hybridized carbons (Fsp3) is 0.286. The highest BCUT2D eigenvalue weighted by Gasteiger charge is 2.34. The Bertz CT molecular complexity index is 784. The van der Waals surface area contributed by atoms with Crippen LogP contribution in [0.1, 0.15) is 42.4 Å². The van der Waals surface area contributed by atoms with Crippen molar-refractivity contribution in [2.45, 2.75) is 32.2 Å². The molecule has 0 bridgehead atoms. The maximum absolute atomic E-state index is 11.4. The van der Waals surface area contributed by atoms with Gasteiger partial charge in [0.2, 0.25) is 6.29 Å². The third-order valence-electron chi connectivity index (χ3n) is 4.20. The summed E-state index contributed by atoms with van der Waals surface area (Å²) in [7, 11) is 0. The van der Waals surface area contributed by atoms with E-state index in [2.05, 4.69) is 6.58 Å². The second kappa shape index (κ2) is 8.06. The first kappa shape index (κ1) is 18.0. The molecular weight excluding hydrogens is 332 g/mol. The molecule has 2 aromatic carbocycles. The average molecular weight is 354 g/mol. The van der Waals surface area contributed by atoms with Gasteiger partial charge in [0.05, 0.1) is 12.7 Å². The van der Waals surface area contributed by atoms with Gasteiger partial charge in [-0.2, -0.15) is 0 Å². The lowest BCUT2D eigenvalue weighted by molar-refractivity contribution is -0.183. The summed E-state index contributed by atoms with van der Waals surface area (Å²) in [5.41, 5.74) is 2.30. The SMILES string of the molecule is C=CCc1cc2c(cc1O)C(CCOc1ccccc1)OC2OC(C)=O. The summed E-state index contributed by atoms with van der Waals surface area (Å²) < 4.78 is 16.9. The Morgan fingerprint density at radius 1 is 1.27 bits per heavy atom. The van der Waals surface area contributed by atoms with E-state index in [1.54, 1.807) is 12.1 Å². The number of rotatable bonds is 7. The number of allylic oxidation sites excluding steroid dienone is 1. The normalized spacial score (nSPS) is 18.2. The average Bonchev–Trinajstić information content (AvgIpc) is 2.92. The van der Waals surface area contributed by atoms with Crippen molar-refractivity contribution in [3.05, 3.63) is 71.8 Å². The Morgan fingerprint density at radius 2 is 2.04 bits per heavy atom. The molecular formula is C21H22O5. The zero-order valence-corrected chi connectivity index (χ0v) is 14.7. The van der Waals surface area contributed by atoms with Crippen molar-refractivity contribution >= 4 is 5.97 Å². The van der Waals surface area contributed by atoms with Gasteiger partial charge >= 0.3 is 5.97 Å². The zero-order chi connectivity index (χ0) is 18.5. The molecule has 5 nitrogen and oxygen atoms in total. The van der Waals surface area contributed by atoms with Crippen molar-refractivity contribution in [1.29, 1.82) is 0 Å². The first-order valence-corrected chi connectivity index (χ1v) is 8.55. The van der Waals surface area contributed by atoms with Crippen LogP contribution >= 0.6 is 0 Å². The van der Waals surface area contributed by atoms with Gasteiger partial charge in [-0.1, -0.05) is 24.3 Å². The number of para-hydroxylation sites is 1. The maximum atomic E-state index is 11.4. The largest absolute Gasteiger partial charge is 0.508 e. The molecule has 1 heterocycles. The summed E-state index contributed by atoms with van der Waals surface area (Å²) in [6.07, 6.45) is 1.71. The summed E-state index contributed by atoms with van der Waals surface area (Å²) >= 11 is 0. The number of esters is 1. The van der Waals surface area contributed by atoms with E-state index in [1.165, 1.54) is 6.92 Å². The quantitative estimate of drug-likeness (QED) is 0.596. The fourth-order valence-electron chi connectivity index (χ4n) is 3.03. The molecule has 5 heteroatoms. The predicted octanol–water partition coefficient (Wildman–Crippen LogP) is 4.22. The molecule has 2 aromatic rings. The fourth-order valence-corrected chi connectivity index (χ4v) is 3.03. The van der Waals surface area contributed by atoms with Gasteiger partial charge in [-0.05, 0) is 41.8 Å². The van der Waals surface area contributed by atoms with Gasteiger partial charge < -0.3 is 19.3 Å². The van der Waals surface area contributed by atoms with Gasteiger partial charge in [-0.25, -0.2) is 0 Å². The monoisotopic (exact) mass is 354 g/mol. The number of hydrogen-bond acceptors (Lipinski definition) is 5. The highest BCUT2D eigenvalue weighted by atomic mass is 16.7. The summed E-state index contributed by atoms with van der Waals surface area (Å²) in [5, 5.41) is 10.3. The van der Waals surface area contributed by atoms with Crippen molar-refractivity contribution < 1.29 is 24.1 Å². The molecule has 3 rings (SSSR count). The third-order valence-corrected chi connectivity index (χ3v) is 4.20. The van der Waals surface area contributed by atoms with E-state index in [4.69, 9.17) is 14.2 Å². The highest BCUT2D eigenvalue weighted by Crippen LogP contribution is 2.44. The third kappa shape index (κ3) is 4.06. The van der Waals surface area contributed by atoms with E-state index >= 15 is 0 Å². The van der Waals surface area contributed by atoms with Gasteiger partial charge in [0, 0.05) is 18.9 Å². The molecule has 0 aliphatic carbocycles. The van der Waals surface area contributed by atoms with Gasteiger partial charge in [-0.15, -0.1) is 6.58 Å². The molecule has 0 aromatic heterocycles. The van der Waals surface area contributed by atoms with Crippen LogP contribution < -0.4 is 4.74 Å². The number of carbonyl (C=O) groups is 1. The first-order valence-electron chi connectivity index (χ1n) is 8.55. The minimum absolute atomic E-state index is 0.185. The molecule has 136 valence electrons. The van der Waals surface area contributed by atoms with E-state index < -0.39 is 12.3 Å². The van der Waals surface area contributed by atoms with Crippen LogP contribution in [-0.2, 0) is 20.7 Å². The van der Waals surface area contributed by atoms with Crippen molar-refractivity contribution in [2.75, 3.05) is 6.61 Å². The number of ether oxygens (including phenoxy) is 3. The molecule has 0 saturated carbocycles. The molecule has 2 unspecified atom stereocenters. The molecule has 26 heavy (non-hydrogen) atoms. The Labute approximate surface area is 152 Å². The van der Waals surface area contributed by atoms with Crippen LogP contribution in [0, 0.1) is 0 Å². The van der Waals surface area contributed by atoms with E-state index in [0.717, 1.165) is 22.4 Å². The molecule has 2 atom stereocenters. The first-order chi connectivity index (χ1) is 12.6. The highest BCUT2D eigenvalue weighted by molar-refractivity contribution is 5.66. The van der Waals surface area contributed by atoms with Crippen LogP contribution in [-0.4, -0.2) is 17.7 Å². The number of carbonyl (C=O) groups excluding carboxylic acids is 1. The Hall–Kier alpha value is -2.79. The zero-order valence-electron chi connectivity index (χ0n) is 14.7. The Balaban J connectivity index is 1.77. The summed E-state index contributed by atoms with van der Waals surface area (Å²) in [6.45, 7) is 5.49. The second-order valence-corrected chi connectivity index (χ2v) is 6.12. The van der Waals surface area contributed by atoms with E-state index in [0.29, 0.717) is 19.4 Å². The summed E-state index contributed by atoms with van der Waals surface area (Å²) in [4.78, 5) is 11.4. The van der Waals surface area contributed by atoms with Crippen LogP contribution in [0.25, 0.3) is 0 Å². The van der Waals surface area contributed by atoms with Crippen LogP contribution in [0.3, 0.4) is 0 Å². The molecule has 1 N–H and O–H groups in total. The molecule has 0 fully saturated rings. The minimum atomic E-state index is -0.770. The number of fused-ring (bicyclic) bond motifs is 1. The van der Waals surface area contributed by atoms with Gasteiger partial charge in [0.1, 0.15) is 11.5 Å². The molecule has 1 aliphatic heterocycles. The van der Waals surface area contributed by atoms with Crippen molar-refractivity contribution in [3.8, 4) is 11.5 Å². The van der Waals surface area contributed by atoms with E-state index in [9.17, 15) is 9.90 Å². The van der Waals surface area contributed by atoms with Gasteiger partial charge in [0.15, 0.2) is 0 Å². The van der Waals surface area contributed by atoms with E-state index in [1.807, 2.05) is 36.4 Å². The summed E-state index contributed by atoms with van der Waals surface area (Å²) in [5.74, 6) is 0.552. The standard InChI is InChI=1S/C21H22O5/c1-3-7-15-12-18-17(13-19(15)23)20(26-21(18)25-14(2)22)10-11-24-16-8-5-4-6-9-16/h3-6,8-9,12-13,20-21,23H,1,7,10-11H2,2H3. The minimum Gasteiger partial charge on any atom is -0.508 e. The van der Waals surface area contributed by atoms with Gasteiger partial charge in [-0.3, -0.25) is 4.79 Å². The molecule has 1 aliphatic rings. The number of benzene rings is 2. The predicted molar refractivity (Wildman–Crippen MR) is 96.9 cm³/mol. The number of hydrogen-bond donors (Lipinski definition) is 1. The van der Waals surface area contributed by atoms with Crippen molar-refractivity contribution in [2.24, 2.45) is 0 Å². The molecule has 0 spiro atoms. The van der Waals surface area contributed by atoms with Gasteiger partial charge in [0.25, 0.3) is 0 Å². The maximum Gasteiger partial charge on any atom is 0.305 e. The number of phenols is 1. The molecule has 0 saturated heterocycles. The second-order valence-electron chi connectivity index (χ2n) is 6.12. The molecule has 0 amide bonds. The van der Waals surface area contributed by atoms with Crippen LogP contribution in [0.15, 0.2) is 55.1 Å². The van der Waals surface area contributed by atoms with Crippen LogP contribution in [0.2, 0.25) is 0 Å².